The molecule has 5 heteroatoms. The van der Waals surface area contributed by atoms with Crippen molar-refractivity contribution in [3.8, 4) is 0 Å². The summed E-state index contributed by atoms with van der Waals surface area (Å²) >= 11 is 0. The topological polar surface area (TPSA) is 67.2 Å². The van der Waals surface area contributed by atoms with Gasteiger partial charge in [-0.3, -0.25) is 9.48 Å². The zero-order valence-corrected chi connectivity index (χ0v) is 9.97. The SMILES string of the molecule is CC(O)CCC(=O)Nc1cnn(C(C)C)c1. The van der Waals surface area contributed by atoms with Crippen molar-refractivity contribution in [3.63, 3.8) is 0 Å². The lowest BCUT2D eigenvalue weighted by atomic mass is 10.2. The number of anilines is 1. The van der Waals surface area contributed by atoms with Crippen LogP contribution in [0.4, 0.5) is 5.69 Å². The van der Waals surface area contributed by atoms with E-state index in [-0.39, 0.29) is 11.9 Å². The summed E-state index contributed by atoms with van der Waals surface area (Å²) in [5.41, 5.74) is 0.698. The van der Waals surface area contributed by atoms with E-state index in [1.165, 1.54) is 0 Å². The fourth-order valence-corrected chi connectivity index (χ4v) is 1.25. The van der Waals surface area contributed by atoms with Crippen LogP contribution < -0.4 is 5.32 Å². The van der Waals surface area contributed by atoms with Crippen molar-refractivity contribution in [1.82, 2.24) is 9.78 Å². The number of nitrogens with zero attached hydrogens (tertiary/aromatic N) is 2. The first-order valence-corrected chi connectivity index (χ1v) is 5.51. The van der Waals surface area contributed by atoms with Gasteiger partial charge >= 0.3 is 0 Å². The van der Waals surface area contributed by atoms with Crippen molar-refractivity contribution in [2.75, 3.05) is 5.32 Å². The molecule has 0 radical (unpaired) electrons. The van der Waals surface area contributed by atoms with Gasteiger partial charge in [0.05, 0.1) is 18.0 Å². The highest BCUT2D eigenvalue weighted by Gasteiger charge is 2.07. The van der Waals surface area contributed by atoms with Gasteiger partial charge in [-0.1, -0.05) is 0 Å². The lowest BCUT2D eigenvalue weighted by Crippen LogP contribution is -2.13. The number of carbonyl (C=O) groups excluding carboxylic acids is 1. The number of nitrogens with one attached hydrogen (secondary N) is 1. The van der Waals surface area contributed by atoms with Gasteiger partial charge in [0.1, 0.15) is 0 Å². The second kappa shape index (κ2) is 5.65. The predicted octanol–water partition coefficient (Wildman–Crippen LogP) is 1.56. The van der Waals surface area contributed by atoms with Crippen LogP contribution in [0.1, 0.15) is 39.7 Å². The molecule has 0 spiro atoms. The summed E-state index contributed by atoms with van der Waals surface area (Å²) in [6.45, 7) is 5.71. The third kappa shape index (κ3) is 4.02. The monoisotopic (exact) mass is 225 g/mol. The van der Waals surface area contributed by atoms with Crippen molar-refractivity contribution in [2.45, 2.75) is 45.8 Å². The summed E-state index contributed by atoms with van der Waals surface area (Å²) < 4.78 is 1.78. The van der Waals surface area contributed by atoms with Crippen molar-refractivity contribution < 1.29 is 9.90 Å². The Balaban J connectivity index is 2.43. The Morgan fingerprint density at radius 2 is 2.25 bits per heavy atom. The number of hydrogen-bond donors (Lipinski definition) is 2. The fourth-order valence-electron chi connectivity index (χ4n) is 1.25. The molecule has 1 heterocycles. The van der Waals surface area contributed by atoms with Crippen LogP contribution in [0.25, 0.3) is 0 Å². The average molecular weight is 225 g/mol. The Bertz CT molecular complexity index is 345. The molecule has 0 bridgehead atoms. The Morgan fingerprint density at radius 3 is 2.75 bits per heavy atom. The molecule has 0 aliphatic rings. The quantitative estimate of drug-likeness (QED) is 0.799. The first-order valence-electron chi connectivity index (χ1n) is 5.51. The highest BCUT2D eigenvalue weighted by Crippen LogP contribution is 2.10. The summed E-state index contributed by atoms with van der Waals surface area (Å²) in [6, 6.07) is 0.281. The normalized spacial score (nSPS) is 12.8. The smallest absolute Gasteiger partial charge is 0.224 e. The highest BCUT2D eigenvalue weighted by molar-refractivity contribution is 5.90. The lowest BCUT2D eigenvalue weighted by Gasteiger charge is -2.05. The predicted molar refractivity (Wildman–Crippen MR) is 62.2 cm³/mol. The fraction of sp³-hybridized carbons (Fsp3) is 0.636. The summed E-state index contributed by atoms with van der Waals surface area (Å²) in [7, 11) is 0. The standard InChI is InChI=1S/C11H19N3O2/c1-8(2)14-7-10(6-12-14)13-11(16)5-4-9(3)15/h6-9,15H,4-5H2,1-3H3,(H,13,16). The molecule has 0 aliphatic carbocycles. The van der Waals surface area contributed by atoms with Gasteiger partial charge < -0.3 is 10.4 Å². The Kier molecular flexibility index (Phi) is 4.49. The molecule has 1 unspecified atom stereocenters. The van der Waals surface area contributed by atoms with Crippen molar-refractivity contribution in [1.29, 1.82) is 0 Å². The van der Waals surface area contributed by atoms with Crippen LogP contribution in [-0.2, 0) is 4.79 Å². The summed E-state index contributed by atoms with van der Waals surface area (Å²) in [4.78, 5) is 11.4. The van der Waals surface area contributed by atoms with E-state index in [9.17, 15) is 4.79 Å². The molecule has 90 valence electrons. The van der Waals surface area contributed by atoms with E-state index >= 15 is 0 Å². The summed E-state index contributed by atoms with van der Waals surface area (Å²) in [5, 5.41) is 15.9. The maximum Gasteiger partial charge on any atom is 0.224 e. The molecule has 0 saturated heterocycles. The number of aliphatic hydroxyl groups is 1. The second-order valence-electron chi connectivity index (χ2n) is 4.24. The van der Waals surface area contributed by atoms with E-state index in [4.69, 9.17) is 5.11 Å². The Hall–Kier alpha value is -1.36. The average Bonchev–Trinajstić information content (AvgIpc) is 2.63. The zero-order valence-electron chi connectivity index (χ0n) is 9.97. The van der Waals surface area contributed by atoms with Gasteiger partial charge in [-0.05, 0) is 27.2 Å². The molecule has 0 fully saturated rings. The van der Waals surface area contributed by atoms with Crippen LogP contribution in [0.5, 0.6) is 0 Å². The highest BCUT2D eigenvalue weighted by atomic mass is 16.3. The minimum Gasteiger partial charge on any atom is -0.393 e. The minimum atomic E-state index is -0.441. The lowest BCUT2D eigenvalue weighted by molar-refractivity contribution is -0.116. The summed E-state index contributed by atoms with van der Waals surface area (Å²) in [6.07, 6.45) is 3.78. The third-order valence-electron chi connectivity index (χ3n) is 2.20. The number of hydrogen-bond acceptors (Lipinski definition) is 3. The molecular weight excluding hydrogens is 206 g/mol. The molecule has 2 N–H and O–H groups in total. The Morgan fingerprint density at radius 1 is 1.56 bits per heavy atom. The molecule has 1 amide bonds. The van der Waals surface area contributed by atoms with Crippen LogP contribution in [0.2, 0.25) is 0 Å². The third-order valence-corrected chi connectivity index (χ3v) is 2.20. The molecule has 0 aliphatic heterocycles. The van der Waals surface area contributed by atoms with Gasteiger partial charge in [-0.15, -0.1) is 0 Å². The second-order valence-corrected chi connectivity index (χ2v) is 4.24. The van der Waals surface area contributed by atoms with E-state index in [0.717, 1.165) is 0 Å². The van der Waals surface area contributed by atoms with Crippen molar-refractivity contribution in [2.24, 2.45) is 0 Å². The number of aliphatic hydroxyl groups excluding tert-OH is 1. The maximum absolute atomic E-state index is 11.4. The molecule has 16 heavy (non-hydrogen) atoms. The largest absolute Gasteiger partial charge is 0.393 e. The molecule has 1 atom stereocenters. The summed E-state index contributed by atoms with van der Waals surface area (Å²) in [5.74, 6) is -0.0933. The van der Waals surface area contributed by atoms with Crippen LogP contribution >= 0.6 is 0 Å². The van der Waals surface area contributed by atoms with Crippen LogP contribution in [0, 0.1) is 0 Å². The first-order chi connectivity index (χ1) is 7.49. The number of aromatic nitrogens is 2. The van der Waals surface area contributed by atoms with E-state index in [2.05, 4.69) is 10.4 Å². The molecule has 1 rings (SSSR count). The van der Waals surface area contributed by atoms with Crippen molar-refractivity contribution in [3.05, 3.63) is 12.4 Å². The van der Waals surface area contributed by atoms with Crippen molar-refractivity contribution >= 4 is 11.6 Å². The molecule has 0 saturated carbocycles. The van der Waals surface area contributed by atoms with Gasteiger partial charge in [-0.2, -0.15) is 5.10 Å². The van der Waals surface area contributed by atoms with E-state index in [1.54, 1.807) is 24.0 Å². The maximum atomic E-state index is 11.4. The van der Waals surface area contributed by atoms with E-state index < -0.39 is 6.10 Å². The number of carbonyl (C=O) groups is 1. The molecule has 0 aromatic carbocycles. The number of rotatable bonds is 5. The van der Waals surface area contributed by atoms with Gasteiger partial charge in [0, 0.05) is 18.7 Å². The van der Waals surface area contributed by atoms with E-state index in [0.29, 0.717) is 18.5 Å². The van der Waals surface area contributed by atoms with Crippen LogP contribution in [0.15, 0.2) is 12.4 Å². The molecule has 1 aromatic rings. The van der Waals surface area contributed by atoms with E-state index in [1.807, 2.05) is 13.8 Å². The molecule has 5 nitrogen and oxygen atoms in total. The van der Waals surface area contributed by atoms with Gasteiger partial charge in [0.15, 0.2) is 0 Å². The number of amides is 1. The van der Waals surface area contributed by atoms with Crippen LogP contribution in [-0.4, -0.2) is 26.9 Å². The minimum absolute atomic E-state index is 0.0933. The van der Waals surface area contributed by atoms with Gasteiger partial charge in [-0.25, -0.2) is 0 Å². The molecular formula is C11H19N3O2. The molecule has 1 aromatic heterocycles. The Labute approximate surface area is 95.5 Å². The van der Waals surface area contributed by atoms with Gasteiger partial charge in [0.25, 0.3) is 0 Å². The first kappa shape index (κ1) is 12.7. The zero-order chi connectivity index (χ0) is 12.1. The van der Waals surface area contributed by atoms with Crippen LogP contribution in [0.3, 0.4) is 0 Å². The van der Waals surface area contributed by atoms with Gasteiger partial charge in [0.2, 0.25) is 5.91 Å².